The minimum atomic E-state index is -1.50. The quantitative estimate of drug-likeness (QED) is 0.413. The molecule has 0 saturated heterocycles. The first-order chi connectivity index (χ1) is 5.74. The minimum absolute atomic E-state index is 0.182. The summed E-state index contributed by atoms with van der Waals surface area (Å²) >= 11 is 0. The first kappa shape index (κ1) is 11.5. The Kier molecular flexibility index (Phi) is 3.47. The first-order valence-corrected chi connectivity index (χ1v) is 3.55. The third-order valence-corrected chi connectivity index (χ3v) is 1.02. The molecule has 0 fully saturated rings. The van der Waals surface area contributed by atoms with Crippen LogP contribution in [0.3, 0.4) is 0 Å². The number of esters is 1. The molecule has 0 unspecified atom stereocenters. The van der Waals surface area contributed by atoms with Crippen LogP contribution < -0.4 is 0 Å². The molecule has 0 aromatic heterocycles. The van der Waals surface area contributed by atoms with Gasteiger partial charge in [0.1, 0.15) is 0 Å². The molecule has 0 amide bonds. The fourth-order valence-electron chi connectivity index (χ4n) is 0.541. The predicted octanol–water partition coefficient (Wildman–Crippen LogP) is 1.54. The van der Waals surface area contributed by atoms with E-state index in [2.05, 4.69) is 16.1 Å². The van der Waals surface area contributed by atoms with Crippen LogP contribution in [0.15, 0.2) is 12.2 Å². The summed E-state index contributed by atoms with van der Waals surface area (Å²) in [7, 11) is 0. The Morgan fingerprint density at radius 1 is 1.31 bits per heavy atom. The van der Waals surface area contributed by atoms with Crippen molar-refractivity contribution in [3.63, 3.8) is 0 Å². The van der Waals surface area contributed by atoms with E-state index in [1.165, 1.54) is 20.8 Å². The van der Waals surface area contributed by atoms with E-state index in [0.29, 0.717) is 0 Å². The van der Waals surface area contributed by atoms with E-state index in [4.69, 9.17) is 5.11 Å². The lowest BCUT2D eigenvalue weighted by Crippen LogP contribution is -2.33. The Bertz CT molecular complexity index is 241. The number of ether oxygens (including phenoxy) is 2. The van der Waals surface area contributed by atoms with Gasteiger partial charge >= 0.3 is 12.1 Å². The van der Waals surface area contributed by atoms with Crippen molar-refractivity contribution < 1.29 is 24.2 Å². The van der Waals surface area contributed by atoms with Crippen LogP contribution >= 0.6 is 0 Å². The molecule has 0 aliphatic carbocycles. The van der Waals surface area contributed by atoms with Crippen LogP contribution in [0.5, 0.6) is 0 Å². The van der Waals surface area contributed by atoms with Crippen LogP contribution in [0.4, 0.5) is 4.79 Å². The van der Waals surface area contributed by atoms with Gasteiger partial charge in [-0.15, -0.1) is 0 Å². The zero-order valence-electron chi connectivity index (χ0n) is 7.79. The second-order valence-electron chi connectivity index (χ2n) is 2.94. The van der Waals surface area contributed by atoms with Gasteiger partial charge in [-0.2, -0.15) is 0 Å². The van der Waals surface area contributed by atoms with Crippen LogP contribution in [0.2, 0.25) is 0 Å². The number of hydrogen-bond donors (Lipinski definition) is 1. The maximum Gasteiger partial charge on any atom is 0.509 e. The Balaban J connectivity index is 4.24. The van der Waals surface area contributed by atoms with Crippen LogP contribution in [-0.4, -0.2) is 23.0 Å². The van der Waals surface area contributed by atoms with Crippen molar-refractivity contribution in [2.24, 2.45) is 0 Å². The molecule has 0 saturated carbocycles. The highest BCUT2D eigenvalue weighted by molar-refractivity contribution is 5.87. The molecule has 0 radical (unpaired) electrons. The largest absolute Gasteiger partial charge is 0.509 e. The van der Waals surface area contributed by atoms with E-state index in [-0.39, 0.29) is 5.57 Å². The van der Waals surface area contributed by atoms with Gasteiger partial charge in [-0.1, -0.05) is 6.58 Å². The van der Waals surface area contributed by atoms with Gasteiger partial charge in [-0.25, -0.2) is 9.59 Å². The zero-order valence-corrected chi connectivity index (χ0v) is 7.79. The number of carboxylic acid groups (broad SMARTS) is 1. The topological polar surface area (TPSA) is 72.8 Å². The minimum Gasteiger partial charge on any atom is -0.450 e. The molecule has 0 bridgehead atoms. The molecule has 5 nitrogen and oxygen atoms in total. The SMILES string of the molecule is C=C(C)C(=O)OC(C)(C)OC(=O)O. The summed E-state index contributed by atoms with van der Waals surface area (Å²) in [5.41, 5.74) is 0.182. The fourth-order valence-corrected chi connectivity index (χ4v) is 0.541. The standard InChI is InChI=1S/C8H12O5/c1-5(2)6(9)12-8(3,4)13-7(10)11/h1H2,2-4H3,(H,10,11). The number of carbonyl (C=O) groups excluding carboxylic acids is 1. The fraction of sp³-hybridized carbons (Fsp3) is 0.500. The molecule has 0 heterocycles. The molecular formula is C8H12O5. The monoisotopic (exact) mass is 188 g/mol. The third-order valence-electron chi connectivity index (χ3n) is 1.02. The van der Waals surface area contributed by atoms with E-state index >= 15 is 0 Å². The van der Waals surface area contributed by atoms with Gasteiger partial charge in [0.2, 0.25) is 0 Å². The molecule has 5 heteroatoms. The molecule has 74 valence electrons. The average Bonchev–Trinajstić information content (AvgIpc) is 1.81. The summed E-state index contributed by atoms with van der Waals surface area (Å²) in [5.74, 6) is -2.17. The van der Waals surface area contributed by atoms with Gasteiger partial charge in [0.05, 0.1) is 0 Å². The molecular weight excluding hydrogens is 176 g/mol. The van der Waals surface area contributed by atoms with Crippen molar-refractivity contribution in [2.75, 3.05) is 0 Å². The van der Waals surface area contributed by atoms with Crippen molar-refractivity contribution in [1.82, 2.24) is 0 Å². The number of hydrogen-bond acceptors (Lipinski definition) is 4. The first-order valence-electron chi connectivity index (χ1n) is 3.55. The van der Waals surface area contributed by atoms with Gasteiger partial charge in [0.15, 0.2) is 0 Å². The predicted molar refractivity (Wildman–Crippen MR) is 44.1 cm³/mol. The zero-order chi connectivity index (χ0) is 10.6. The maximum absolute atomic E-state index is 10.9. The second kappa shape index (κ2) is 3.93. The maximum atomic E-state index is 10.9. The number of carbonyl (C=O) groups is 2. The molecule has 1 N–H and O–H groups in total. The van der Waals surface area contributed by atoms with Crippen molar-refractivity contribution in [1.29, 1.82) is 0 Å². The molecule has 0 rings (SSSR count). The summed E-state index contributed by atoms with van der Waals surface area (Å²) in [5, 5.41) is 8.26. The van der Waals surface area contributed by atoms with E-state index in [1.807, 2.05) is 0 Å². The summed E-state index contributed by atoms with van der Waals surface area (Å²) in [4.78, 5) is 21.1. The molecule has 0 atom stereocenters. The van der Waals surface area contributed by atoms with E-state index < -0.39 is 17.9 Å². The third kappa shape index (κ3) is 4.84. The highest BCUT2D eigenvalue weighted by Crippen LogP contribution is 2.13. The highest BCUT2D eigenvalue weighted by atomic mass is 16.8. The Morgan fingerprint density at radius 3 is 2.08 bits per heavy atom. The van der Waals surface area contributed by atoms with Crippen molar-refractivity contribution in [3.05, 3.63) is 12.2 Å². The molecule has 0 aliphatic rings. The lowest BCUT2D eigenvalue weighted by Gasteiger charge is -2.22. The van der Waals surface area contributed by atoms with Crippen molar-refractivity contribution in [3.8, 4) is 0 Å². The summed E-state index contributed by atoms with van der Waals surface area (Å²) in [6, 6.07) is 0. The van der Waals surface area contributed by atoms with Gasteiger partial charge < -0.3 is 14.6 Å². The van der Waals surface area contributed by atoms with Crippen molar-refractivity contribution >= 4 is 12.1 Å². The molecule has 13 heavy (non-hydrogen) atoms. The van der Waals surface area contributed by atoms with E-state index in [0.717, 1.165) is 0 Å². The van der Waals surface area contributed by atoms with Crippen LogP contribution in [0.1, 0.15) is 20.8 Å². The van der Waals surface area contributed by atoms with Crippen molar-refractivity contribution in [2.45, 2.75) is 26.6 Å². The van der Waals surface area contributed by atoms with Crippen LogP contribution in [-0.2, 0) is 14.3 Å². The Morgan fingerprint density at radius 2 is 1.77 bits per heavy atom. The van der Waals surface area contributed by atoms with Gasteiger partial charge in [0, 0.05) is 19.4 Å². The molecule has 0 aromatic carbocycles. The van der Waals surface area contributed by atoms with Crippen LogP contribution in [0, 0.1) is 0 Å². The summed E-state index contributed by atoms with van der Waals surface area (Å²) in [6.07, 6.45) is -1.50. The summed E-state index contributed by atoms with van der Waals surface area (Å²) in [6.45, 7) is 7.44. The Hall–Kier alpha value is -1.52. The van der Waals surface area contributed by atoms with E-state index in [1.54, 1.807) is 0 Å². The van der Waals surface area contributed by atoms with Crippen LogP contribution in [0.25, 0.3) is 0 Å². The van der Waals surface area contributed by atoms with Gasteiger partial charge in [-0.3, -0.25) is 0 Å². The molecule has 0 aliphatic heterocycles. The molecule has 0 aromatic rings. The van der Waals surface area contributed by atoms with E-state index in [9.17, 15) is 9.59 Å². The molecule has 0 spiro atoms. The lowest BCUT2D eigenvalue weighted by atomic mass is 10.3. The second-order valence-corrected chi connectivity index (χ2v) is 2.94. The van der Waals surface area contributed by atoms with Gasteiger partial charge in [-0.05, 0) is 6.92 Å². The smallest absolute Gasteiger partial charge is 0.450 e. The Labute approximate surface area is 75.9 Å². The normalized spacial score (nSPS) is 10.4. The summed E-state index contributed by atoms with van der Waals surface area (Å²) < 4.78 is 8.96. The highest BCUT2D eigenvalue weighted by Gasteiger charge is 2.27. The number of rotatable bonds is 3. The lowest BCUT2D eigenvalue weighted by molar-refractivity contribution is -0.194. The van der Waals surface area contributed by atoms with Gasteiger partial charge in [0.25, 0.3) is 5.79 Å². The average molecular weight is 188 g/mol.